The zero-order valence-corrected chi connectivity index (χ0v) is 13.0. The summed E-state index contributed by atoms with van der Waals surface area (Å²) in [5.74, 6) is 1.22. The third kappa shape index (κ3) is 2.99. The van der Waals surface area contributed by atoms with E-state index in [1.807, 2.05) is 40.9 Å². The molecule has 106 valence electrons. The van der Waals surface area contributed by atoms with Crippen LogP contribution >= 0.6 is 11.6 Å². The van der Waals surface area contributed by atoms with Gasteiger partial charge in [-0.15, -0.1) is 0 Å². The summed E-state index contributed by atoms with van der Waals surface area (Å²) in [5, 5.41) is 0.113. The van der Waals surface area contributed by atoms with Crippen LogP contribution in [0.2, 0.25) is 5.28 Å². The number of ether oxygens (including phenoxy) is 1. The maximum Gasteiger partial charge on any atom is 0.328 e. The minimum absolute atomic E-state index is 0.113. The van der Waals surface area contributed by atoms with E-state index in [9.17, 15) is 0 Å². The van der Waals surface area contributed by atoms with Crippen LogP contribution in [0.1, 0.15) is 16.7 Å². The van der Waals surface area contributed by atoms with E-state index < -0.39 is 0 Å². The SMILES string of the molecule is Cc1ccc(C)c(Oc2nc(Cl)nc(N(C)C)n2)c1C. The molecule has 5 nitrogen and oxygen atoms in total. The van der Waals surface area contributed by atoms with Crippen molar-refractivity contribution in [1.29, 1.82) is 0 Å². The number of aromatic nitrogens is 3. The summed E-state index contributed by atoms with van der Waals surface area (Å²) in [6.07, 6.45) is 0. The van der Waals surface area contributed by atoms with Gasteiger partial charge >= 0.3 is 6.01 Å². The minimum atomic E-state index is 0.113. The highest BCUT2D eigenvalue weighted by molar-refractivity contribution is 6.28. The van der Waals surface area contributed by atoms with Crippen molar-refractivity contribution in [2.45, 2.75) is 20.8 Å². The lowest BCUT2D eigenvalue weighted by Crippen LogP contribution is -2.14. The number of anilines is 1. The van der Waals surface area contributed by atoms with Gasteiger partial charge in [0.2, 0.25) is 11.2 Å². The summed E-state index contributed by atoms with van der Waals surface area (Å²) in [4.78, 5) is 14.0. The molecule has 2 aromatic rings. The first-order chi connectivity index (χ1) is 9.38. The van der Waals surface area contributed by atoms with Crippen LogP contribution in [0.4, 0.5) is 5.95 Å². The van der Waals surface area contributed by atoms with E-state index in [4.69, 9.17) is 16.3 Å². The molecule has 0 bridgehead atoms. The molecule has 2 rings (SSSR count). The van der Waals surface area contributed by atoms with Crippen molar-refractivity contribution in [2.24, 2.45) is 0 Å². The predicted octanol–water partition coefficient (Wildman–Crippen LogP) is 3.31. The largest absolute Gasteiger partial charge is 0.424 e. The molecule has 0 amide bonds. The number of hydrogen-bond acceptors (Lipinski definition) is 5. The van der Waals surface area contributed by atoms with Crippen LogP contribution in [-0.4, -0.2) is 29.0 Å². The topological polar surface area (TPSA) is 51.1 Å². The van der Waals surface area contributed by atoms with Crippen molar-refractivity contribution in [1.82, 2.24) is 15.0 Å². The van der Waals surface area contributed by atoms with E-state index in [0.29, 0.717) is 5.95 Å². The molecule has 0 N–H and O–H groups in total. The molecule has 0 aliphatic rings. The zero-order chi connectivity index (χ0) is 14.9. The van der Waals surface area contributed by atoms with Crippen molar-refractivity contribution in [2.75, 3.05) is 19.0 Å². The average Bonchev–Trinajstić information content (AvgIpc) is 2.38. The van der Waals surface area contributed by atoms with E-state index in [1.54, 1.807) is 4.90 Å². The van der Waals surface area contributed by atoms with Crippen molar-refractivity contribution in [3.8, 4) is 11.8 Å². The number of benzene rings is 1. The van der Waals surface area contributed by atoms with E-state index in [1.165, 1.54) is 0 Å². The lowest BCUT2D eigenvalue weighted by Gasteiger charge is -2.14. The van der Waals surface area contributed by atoms with Crippen LogP contribution in [0.5, 0.6) is 11.8 Å². The Bertz CT molecular complexity index is 643. The van der Waals surface area contributed by atoms with Crippen LogP contribution < -0.4 is 9.64 Å². The normalized spacial score (nSPS) is 10.5. The van der Waals surface area contributed by atoms with Crippen LogP contribution in [-0.2, 0) is 0 Å². The molecule has 1 aromatic heterocycles. The molecule has 0 saturated heterocycles. The monoisotopic (exact) mass is 292 g/mol. The molecule has 0 atom stereocenters. The highest BCUT2D eigenvalue weighted by Gasteiger charge is 2.12. The van der Waals surface area contributed by atoms with E-state index in [-0.39, 0.29) is 11.3 Å². The molecule has 0 spiro atoms. The lowest BCUT2D eigenvalue weighted by atomic mass is 10.1. The Kier molecular flexibility index (Phi) is 4.09. The first kappa shape index (κ1) is 14.5. The van der Waals surface area contributed by atoms with Crippen LogP contribution in [0.15, 0.2) is 12.1 Å². The maximum atomic E-state index is 5.90. The minimum Gasteiger partial charge on any atom is -0.424 e. The molecule has 0 aliphatic carbocycles. The second-order valence-electron chi connectivity index (χ2n) is 4.84. The van der Waals surface area contributed by atoms with Gasteiger partial charge in [0.15, 0.2) is 0 Å². The molecule has 6 heteroatoms. The van der Waals surface area contributed by atoms with Gasteiger partial charge in [-0.05, 0) is 49.1 Å². The Hall–Kier alpha value is -1.88. The van der Waals surface area contributed by atoms with Crippen LogP contribution in [0.25, 0.3) is 0 Å². The Morgan fingerprint density at radius 1 is 1.00 bits per heavy atom. The molecule has 1 aromatic carbocycles. The fourth-order valence-corrected chi connectivity index (χ4v) is 1.89. The second kappa shape index (κ2) is 5.63. The van der Waals surface area contributed by atoms with Crippen LogP contribution in [0, 0.1) is 20.8 Å². The summed E-state index contributed by atoms with van der Waals surface area (Å²) in [6, 6.07) is 4.27. The van der Waals surface area contributed by atoms with Gasteiger partial charge in [-0.25, -0.2) is 0 Å². The number of rotatable bonds is 3. The van der Waals surface area contributed by atoms with Gasteiger partial charge in [0.1, 0.15) is 5.75 Å². The predicted molar refractivity (Wildman–Crippen MR) is 79.9 cm³/mol. The van der Waals surface area contributed by atoms with Crippen LogP contribution in [0.3, 0.4) is 0 Å². The Labute approximate surface area is 123 Å². The number of halogens is 1. The Morgan fingerprint density at radius 3 is 2.30 bits per heavy atom. The van der Waals surface area contributed by atoms with Crippen molar-refractivity contribution < 1.29 is 4.74 Å². The quantitative estimate of drug-likeness (QED) is 0.869. The highest BCUT2D eigenvalue weighted by atomic mass is 35.5. The highest BCUT2D eigenvalue weighted by Crippen LogP contribution is 2.29. The first-order valence-electron chi connectivity index (χ1n) is 6.22. The van der Waals surface area contributed by atoms with Gasteiger partial charge in [-0.2, -0.15) is 15.0 Å². The molecule has 0 saturated carbocycles. The number of hydrogen-bond donors (Lipinski definition) is 0. The molecule has 0 fully saturated rings. The summed E-state index contributed by atoms with van der Waals surface area (Å²) < 4.78 is 5.82. The second-order valence-corrected chi connectivity index (χ2v) is 5.18. The Morgan fingerprint density at radius 2 is 1.65 bits per heavy atom. The molecule has 0 unspecified atom stereocenters. The zero-order valence-electron chi connectivity index (χ0n) is 12.2. The lowest BCUT2D eigenvalue weighted by molar-refractivity contribution is 0.433. The molecule has 20 heavy (non-hydrogen) atoms. The van der Waals surface area contributed by atoms with Gasteiger partial charge in [-0.1, -0.05) is 12.1 Å². The number of aryl methyl sites for hydroxylation is 2. The van der Waals surface area contributed by atoms with Crippen molar-refractivity contribution in [3.63, 3.8) is 0 Å². The summed E-state index contributed by atoms with van der Waals surface area (Å²) in [5.41, 5.74) is 3.24. The summed E-state index contributed by atoms with van der Waals surface area (Å²) in [7, 11) is 3.66. The van der Waals surface area contributed by atoms with Gasteiger partial charge in [0.05, 0.1) is 0 Å². The standard InChI is InChI=1S/C14H17ClN4O/c1-8-6-7-9(2)11(10(8)3)20-14-17-12(15)16-13(18-14)19(4)5/h6-7H,1-5H3. The molecular formula is C14H17ClN4O. The fourth-order valence-electron chi connectivity index (χ4n) is 1.74. The van der Waals surface area contributed by atoms with Gasteiger partial charge in [-0.3, -0.25) is 0 Å². The summed E-state index contributed by atoms with van der Waals surface area (Å²) in [6.45, 7) is 6.03. The third-order valence-corrected chi connectivity index (χ3v) is 3.21. The Balaban J connectivity index is 2.43. The molecule has 1 heterocycles. The smallest absolute Gasteiger partial charge is 0.328 e. The molecule has 0 aliphatic heterocycles. The first-order valence-corrected chi connectivity index (χ1v) is 6.60. The molecular weight excluding hydrogens is 276 g/mol. The van der Waals surface area contributed by atoms with Gasteiger partial charge in [0, 0.05) is 14.1 Å². The van der Waals surface area contributed by atoms with Gasteiger partial charge < -0.3 is 9.64 Å². The van der Waals surface area contributed by atoms with Crippen molar-refractivity contribution in [3.05, 3.63) is 34.1 Å². The van der Waals surface area contributed by atoms with E-state index in [2.05, 4.69) is 21.0 Å². The maximum absolute atomic E-state index is 5.90. The average molecular weight is 293 g/mol. The van der Waals surface area contributed by atoms with Crippen molar-refractivity contribution >= 4 is 17.5 Å². The van der Waals surface area contributed by atoms with E-state index in [0.717, 1.165) is 22.4 Å². The fraction of sp³-hybridized carbons (Fsp3) is 0.357. The number of nitrogens with zero attached hydrogens (tertiary/aromatic N) is 4. The summed E-state index contributed by atoms with van der Waals surface area (Å²) >= 11 is 5.90. The van der Waals surface area contributed by atoms with Gasteiger partial charge in [0.25, 0.3) is 0 Å². The third-order valence-electron chi connectivity index (χ3n) is 3.04. The molecule has 0 radical (unpaired) electrons. The van der Waals surface area contributed by atoms with E-state index >= 15 is 0 Å².